The van der Waals surface area contributed by atoms with Gasteiger partial charge in [0.2, 0.25) is 0 Å². The zero-order chi connectivity index (χ0) is 13.8. The Hall–Kier alpha value is -1.82. The number of piperazine rings is 1. The van der Waals surface area contributed by atoms with Crippen LogP contribution in [0.4, 0.5) is 5.69 Å². The molecular weight excluding hydrogens is 242 g/mol. The van der Waals surface area contributed by atoms with Crippen LogP contribution in [0, 0.1) is 6.92 Å². The molecule has 19 heavy (non-hydrogen) atoms. The topological polar surface area (TPSA) is 78.0 Å². The number of aromatic nitrogens is 1. The van der Waals surface area contributed by atoms with Gasteiger partial charge >= 0.3 is 0 Å². The largest absolute Gasteiger partial charge is 0.409 e. The predicted octanol–water partition coefficient (Wildman–Crippen LogP) is 0.647. The molecule has 1 aliphatic heterocycles. The van der Waals surface area contributed by atoms with Gasteiger partial charge in [0.05, 0.1) is 6.04 Å². The third kappa shape index (κ3) is 2.96. The minimum absolute atomic E-state index is 0.0225. The highest BCUT2D eigenvalue weighted by molar-refractivity contribution is 5.84. The van der Waals surface area contributed by atoms with Crippen LogP contribution in [0.1, 0.15) is 12.5 Å². The average Bonchev–Trinajstić information content (AvgIpc) is 2.46. The fraction of sp³-hybridized carbons (Fsp3) is 0.538. The summed E-state index contributed by atoms with van der Waals surface area (Å²) in [6, 6.07) is 2.03. The molecule has 0 aromatic carbocycles. The molecule has 3 N–H and O–H groups in total. The Morgan fingerprint density at radius 2 is 2.11 bits per heavy atom. The molecule has 2 heterocycles. The van der Waals surface area contributed by atoms with E-state index in [1.165, 1.54) is 11.3 Å². The number of anilines is 1. The van der Waals surface area contributed by atoms with E-state index >= 15 is 0 Å². The minimum atomic E-state index is -0.0225. The quantitative estimate of drug-likeness (QED) is 0.362. The Labute approximate surface area is 113 Å². The van der Waals surface area contributed by atoms with Crippen LogP contribution in [-0.2, 0) is 0 Å². The predicted molar refractivity (Wildman–Crippen MR) is 75.6 cm³/mol. The van der Waals surface area contributed by atoms with Gasteiger partial charge in [-0.2, -0.15) is 0 Å². The summed E-state index contributed by atoms with van der Waals surface area (Å²) in [6.07, 6.45) is 3.72. The number of hydrogen-bond donors (Lipinski definition) is 2. The number of nitrogens with zero attached hydrogens (tertiary/aromatic N) is 4. The second-order valence-corrected chi connectivity index (χ2v) is 4.89. The van der Waals surface area contributed by atoms with Gasteiger partial charge in [-0.15, -0.1) is 0 Å². The summed E-state index contributed by atoms with van der Waals surface area (Å²) in [4.78, 5) is 8.70. The summed E-state index contributed by atoms with van der Waals surface area (Å²) in [5.41, 5.74) is 8.09. The van der Waals surface area contributed by atoms with Crippen molar-refractivity contribution in [2.24, 2.45) is 10.9 Å². The number of aryl methyl sites for hydroxylation is 1. The molecule has 1 fully saturated rings. The van der Waals surface area contributed by atoms with Crippen molar-refractivity contribution < 1.29 is 5.21 Å². The first-order valence-corrected chi connectivity index (χ1v) is 6.50. The second-order valence-electron chi connectivity index (χ2n) is 4.89. The van der Waals surface area contributed by atoms with Crippen molar-refractivity contribution in [1.82, 2.24) is 9.88 Å². The molecule has 2 rings (SSSR count). The van der Waals surface area contributed by atoms with Crippen molar-refractivity contribution in [3.05, 3.63) is 24.0 Å². The third-order valence-corrected chi connectivity index (χ3v) is 3.74. The Kier molecular flexibility index (Phi) is 4.21. The van der Waals surface area contributed by atoms with Gasteiger partial charge in [-0.1, -0.05) is 5.16 Å². The van der Waals surface area contributed by atoms with Crippen LogP contribution in [0.5, 0.6) is 0 Å². The molecule has 1 aromatic heterocycles. The van der Waals surface area contributed by atoms with Crippen LogP contribution in [-0.4, -0.2) is 53.1 Å². The van der Waals surface area contributed by atoms with E-state index in [0.29, 0.717) is 0 Å². The molecule has 1 atom stereocenters. The van der Waals surface area contributed by atoms with Gasteiger partial charge in [-0.05, 0) is 25.5 Å². The number of oxime groups is 1. The molecule has 0 spiro atoms. The number of amidine groups is 1. The Bertz CT molecular complexity index is 454. The molecule has 104 valence electrons. The molecule has 0 radical (unpaired) electrons. The molecule has 6 heteroatoms. The first kappa shape index (κ1) is 13.6. The lowest BCUT2D eigenvalue weighted by Gasteiger charge is -2.39. The fourth-order valence-corrected chi connectivity index (χ4v) is 2.44. The van der Waals surface area contributed by atoms with Crippen molar-refractivity contribution >= 4 is 11.5 Å². The van der Waals surface area contributed by atoms with E-state index in [1.807, 2.05) is 19.3 Å². The molecule has 1 aliphatic rings. The summed E-state index contributed by atoms with van der Waals surface area (Å²) in [6.45, 7) is 7.72. The van der Waals surface area contributed by atoms with Gasteiger partial charge in [-0.3, -0.25) is 9.88 Å². The van der Waals surface area contributed by atoms with E-state index in [1.54, 1.807) is 0 Å². The zero-order valence-electron chi connectivity index (χ0n) is 11.5. The van der Waals surface area contributed by atoms with E-state index in [4.69, 9.17) is 10.9 Å². The van der Waals surface area contributed by atoms with Crippen molar-refractivity contribution in [2.75, 3.05) is 31.1 Å². The summed E-state index contributed by atoms with van der Waals surface area (Å²) < 4.78 is 0. The summed E-state index contributed by atoms with van der Waals surface area (Å²) in [7, 11) is 0. The maximum atomic E-state index is 8.72. The lowest BCUT2D eigenvalue weighted by molar-refractivity contribution is 0.230. The lowest BCUT2D eigenvalue weighted by Crippen LogP contribution is -2.53. The van der Waals surface area contributed by atoms with Crippen LogP contribution in [0.15, 0.2) is 23.6 Å². The number of nitrogens with two attached hydrogens (primary N) is 1. The molecule has 1 unspecified atom stereocenters. The molecule has 0 bridgehead atoms. The third-order valence-electron chi connectivity index (χ3n) is 3.74. The van der Waals surface area contributed by atoms with E-state index in [9.17, 15) is 0 Å². The Morgan fingerprint density at radius 1 is 1.42 bits per heavy atom. The van der Waals surface area contributed by atoms with Crippen LogP contribution >= 0.6 is 0 Å². The lowest BCUT2D eigenvalue weighted by atomic mass is 10.1. The van der Waals surface area contributed by atoms with Crippen LogP contribution in [0.3, 0.4) is 0 Å². The summed E-state index contributed by atoms with van der Waals surface area (Å²) >= 11 is 0. The first-order valence-electron chi connectivity index (χ1n) is 6.50. The number of pyridine rings is 1. The Balaban J connectivity index is 1.98. The van der Waals surface area contributed by atoms with E-state index in [0.717, 1.165) is 26.2 Å². The Morgan fingerprint density at radius 3 is 2.68 bits per heavy atom. The molecule has 0 aliphatic carbocycles. The summed E-state index contributed by atoms with van der Waals surface area (Å²) in [5.74, 6) is 0.272. The van der Waals surface area contributed by atoms with Crippen molar-refractivity contribution in [3.8, 4) is 0 Å². The maximum Gasteiger partial charge on any atom is 0.156 e. The molecule has 1 saturated heterocycles. The molecule has 1 aromatic rings. The minimum Gasteiger partial charge on any atom is -0.409 e. The monoisotopic (exact) mass is 263 g/mol. The van der Waals surface area contributed by atoms with Gasteiger partial charge in [0, 0.05) is 44.3 Å². The van der Waals surface area contributed by atoms with Crippen LogP contribution in [0.2, 0.25) is 0 Å². The van der Waals surface area contributed by atoms with Crippen LogP contribution < -0.4 is 10.6 Å². The number of rotatable bonds is 3. The van der Waals surface area contributed by atoms with Crippen molar-refractivity contribution in [2.45, 2.75) is 19.9 Å². The smallest absolute Gasteiger partial charge is 0.156 e. The normalized spacial score (nSPS) is 19.5. The van der Waals surface area contributed by atoms with Gasteiger partial charge in [0.25, 0.3) is 0 Å². The van der Waals surface area contributed by atoms with Crippen LogP contribution in [0.25, 0.3) is 0 Å². The standard InChI is InChI=1S/C13H21N5O/c1-10-9-15-4-3-12(10)18-7-5-17(6-8-18)11(2)13(14)16-19/h3-4,9,11,19H,5-8H2,1-2H3,(H2,14,16). The zero-order valence-corrected chi connectivity index (χ0v) is 11.5. The number of hydrogen-bond acceptors (Lipinski definition) is 5. The highest BCUT2D eigenvalue weighted by Crippen LogP contribution is 2.20. The molecule has 6 nitrogen and oxygen atoms in total. The highest BCUT2D eigenvalue weighted by atomic mass is 16.4. The van der Waals surface area contributed by atoms with E-state index in [2.05, 4.69) is 32.9 Å². The van der Waals surface area contributed by atoms with Crippen molar-refractivity contribution in [1.29, 1.82) is 0 Å². The highest BCUT2D eigenvalue weighted by Gasteiger charge is 2.24. The van der Waals surface area contributed by atoms with Gasteiger partial charge in [0.1, 0.15) is 0 Å². The first-order chi connectivity index (χ1) is 9.13. The van der Waals surface area contributed by atoms with E-state index in [-0.39, 0.29) is 11.9 Å². The average molecular weight is 263 g/mol. The SMILES string of the molecule is Cc1cnccc1N1CCN(C(C)C(N)=NO)CC1. The fourth-order valence-electron chi connectivity index (χ4n) is 2.44. The van der Waals surface area contributed by atoms with Gasteiger partial charge in [-0.25, -0.2) is 0 Å². The van der Waals surface area contributed by atoms with Gasteiger partial charge in [0.15, 0.2) is 5.84 Å². The summed E-state index contributed by atoms with van der Waals surface area (Å²) in [5, 5.41) is 11.8. The second kappa shape index (κ2) is 5.88. The molecule has 0 saturated carbocycles. The van der Waals surface area contributed by atoms with Gasteiger partial charge < -0.3 is 15.8 Å². The molecule has 0 amide bonds. The molecular formula is C13H21N5O. The maximum absolute atomic E-state index is 8.72. The van der Waals surface area contributed by atoms with Crippen molar-refractivity contribution in [3.63, 3.8) is 0 Å². The van der Waals surface area contributed by atoms with E-state index < -0.39 is 0 Å².